The van der Waals surface area contributed by atoms with Crippen molar-refractivity contribution in [1.29, 1.82) is 0 Å². The fraction of sp³-hybridized carbons (Fsp3) is 0.467. The van der Waals surface area contributed by atoms with Crippen LogP contribution in [0.4, 0.5) is 11.5 Å². The van der Waals surface area contributed by atoms with Crippen LogP contribution in [0.15, 0.2) is 24.5 Å². The van der Waals surface area contributed by atoms with Crippen molar-refractivity contribution in [3.8, 4) is 0 Å². The van der Waals surface area contributed by atoms with Crippen molar-refractivity contribution in [3.05, 3.63) is 24.5 Å². The molecule has 1 aliphatic rings. The summed E-state index contributed by atoms with van der Waals surface area (Å²) in [5, 5.41) is 1.07. The molecule has 1 fully saturated rings. The molecule has 1 aliphatic heterocycles. The monoisotopic (exact) mass is 271 g/mol. The summed E-state index contributed by atoms with van der Waals surface area (Å²) in [5.74, 6) is 1.02. The Labute approximate surface area is 119 Å². The molecule has 20 heavy (non-hydrogen) atoms. The number of rotatable bonds is 1. The van der Waals surface area contributed by atoms with Crippen LogP contribution in [0.5, 0.6) is 0 Å². The van der Waals surface area contributed by atoms with Crippen LogP contribution in [0.2, 0.25) is 0 Å². The lowest BCUT2D eigenvalue weighted by Crippen LogP contribution is -2.55. The molecule has 0 bridgehead atoms. The zero-order valence-electron chi connectivity index (χ0n) is 12.2. The maximum Gasteiger partial charge on any atom is 0.139 e. The van der Waals surface area contributed by atoms with Crippen molar-refractivity contribution in [2.75, 3.05) is 30.8 Å². The lowest BCUT2D eigenvalue weighted by Gasteiger charge is -2.43. The normalized spacial score (nSPS) is 24.2. The quantitative estimate of drug-likeness (QED) is 0.801. The van der Waals surface area contributed by atoms with E-state index in [9.17, 15) is 0 Å². The summed E-state index contributed by atoms with van der Waals surface area (Å²) in [6.45, 7) is 6.47. The van der Waals surface area contributed by atoms with Crippen molar-refractivity contribution in [2.24, 2.45) is 0 Å². The van der Waals surface area contributed by atoms with Gasteiger partial charge in [-0.1, -0.05) is 0 Å². The standard InChI is InChI=1S/C15H21N5/c1-10-7-20(8-11(2)19(10)3)15-13-5-4-12(16)6-14(13)17-9-18-15/h4-6,9-11H,7-8,16H2,1-3H3. The highest BCUT2D eigenvalue weighted by Gasteiger charge is 2.28. The van der Waals surface area contributed by atoms with Gasteiger partial charge in [-0.2, -0.15) is 0 Å². The average molecular weight is 271 g/mol. The van der Waals surface area contributed by atoms with Gasteiger partial charge in [0.15, 0.2) is 0 Å². The number of hydrogen-bond donors (Lipinski definition) is 1. The molecule has 2 N–H and O–H groups in total. The van der Waals surface area contributed by atoms with Crippen LogP contribution in [-0.2, 0) is 0 Å². The number of anilines is 2. The SMILES string of the molecule is CC1CN(c2ncnc3cc(N)ccc23)CC(C)N1C. The van der Waals surface area contributed by atoms with Gasteiger partial charge in [-0.3, -0.25) is 4.90 Å². The zero-order valence-corrected chi connectivity index (χ0v) is 12.2. The first-order chi connectivity index (χ1) is 9.56. The third-order valence-electron chi connectivity index (χ3n) is 4.30. The summed E-state index contributed by atoms with van der Waals surface area (Å²) in [6.07, 6.45) is 1.63. The Hall–Kier alpha value is -1.88. The molecule has 1 aromatic carbocycles. The smallest absolute Gasteiger partial charge is 0.139 e. The van der Waals surface area contributed by atoms with E-state index in [0.717, 1.165) is 35.5 Å². The molecule has 0 amide bonds. The van der Waals surface area contributed by atoms with E-state index in [1.54, 1.807) is 6.33 Å². The molecule has 2 atom stereocenters. The molecule has 2 unspecified atom stereocenters. The highest BCUT2D eigenvalue weighted by molar-refractivity contribution is 5.91. The molecular formula is C15H21N5. The van der Waals surface area contributed by atoms with Gasteiger partial charge in [0.25, 0.3) is 0 Å². The van der Waals surface area contributed by atoms with Crippen LogP contribution in [0.25, 0.3) is 10.9 Å². The van der Waals surface area contributed by atoms with E-state index in [1.165, 1.54) is 0 Å². The highest BCUT2D eigenvalue weighted by Crippen LogP contribution is 2.27. The Kier molecular flexibility index (Phi) is 3.22. The van der Waals surface area contributed by atoms with Crippen LogP contribution in [0.1, 0.15) is 13.8 Å². The highest BCUT2D eigenvalue weighted by atomic mass is 15.3. The summed E-state index contributed by atoms with van der Waals surface area (Å²) < 4.78 is 0. The van der Waals surface area contributed by atoms with E-state index >= 15 is 0 Å². The van der Waals surface area contributed by atoms with Crippen LogP contribution in [0.3, 0.4) is 0 Å². The lowest BCUT2D eigenvalue weighted by atomic mass is 10.1. The van der Waals surface area contributed by atoms with Gasteiger partial charge in [-0.25, -0.2) is 9.97 Å². The second-order valence-corrected chi connectivity index (χ2v) is 5.74. The minimum Gasteiger partial charge on any atom is -0.399 e. The molecule has 1 saturated heterocycles. The van der Waals surface area contributed by atoms with Crippen molar-refractivity contribution in [2.45, 2.75) is 25.9 Å². The van der Waals surface area contributed by atoms with Gasteiger partial charge in [-0.05, 0) is 39.1 Å². The Bertz CT molecular complexity index is 615. The Morgan fingerprint density at radius 2 is 1.85 bits per heavy atom. The van der Waals surface area contributed by atoms with Gasteiger partial charge < -0.3 is 10.6 Å². The Balaban J connectivity index is 2.02. The summed E-state index contributed by atoms with van der Waals surface area (Å²) in [5.41, 5.74) is 7.48. The molecule has 5 heteroatoms. The molecule has 106 valence electrons. The number of nitrogens with zero attached hydrogens (tertiary/aromatic N) is 4. The van der Waals surface area contributed by atoms with Crippen LogP contribution in [-0.4, -0.2) is 47.1 Å². The molecule has 0 saturated carbocycles. The van der Waals surface area contributed by atoms with E-state index in [0.29, 0.717) is 12.1 Å². The molecular weight excluding hydrogens is 250 g/mol. The number of nitrogen functional groups attached to an aromatic ring is 1. The second kappa shape index (κ2) is 4.90. The summed E-state index contributed by atoms with van der Waals surface area (Å²) >= 11 is 0. The first-order valence-corrected chi connectivity index (χ1v) is 7.03. The topological polar surface area (TPSA) is 58.3 Å². The van der Waals surface area contributed by atoms with Gasteiger partial charge >= 0.3 is 0 Å². The van der Waals surface area contributed by atoms with E-state index in [2.05, 4.69) is 40.7 Å². The Morgan fingerprint density at radius 1 is 1.15 bits per heavy atom. The fourth-order valence-corrected chi connectivity index (χ4v) is 2.89. The summed E-state index contributed by atoms with van der Waals surface area (Å²) in [7, 11) is 2.19. The molecule has 5 nitrogen and oxygen atoms in total. The van der Waals surface area contributed by atoms with Gasteiger partial charge in [0, 0.05) is 36.2 Å². The molecule has 3 rings (SSSR count). The lowest BCUT2D eigenvalue weighted by molar-refractivity contribution is 0.170. The molecule has 0 aliphatic carbocycles. The molecule has 0 spiro atoms. The minimum absolute atomic E-state index is 0.512. The maximum atomic E-state index is 5.83. The molecule has 2 aromatic rings. The van der Waals surface area contributed by atoms with Gasteiger partial charge in [0.1, 0.15) is 12.1 Å². The largest absolute Gasteiger partial charge is 0.399 e. The van der Waals surface area contributed by atoms with Crippen molar-refractivity contribution in [1.82, 2.24) is 14.9 Å². The Morgan fingerprint density at radius 3 is 2.55 bits per heavy atom. The predicted octanol–water partition coefficient (Wildman–Crippen LogP) is 1.74. The van der Waals surface area contributed by atoms with Crippen molar-refractivity contribution >= 4 is 22.4 Å². The number of nitrogens with two attached hydrogens (primary N) is 1. The molecule has 0 radical (unpaired) electrons. The first kappa shape index (κ1) is 13.1. The average Bonchev–Trinajstić information content (AvgIpc) is 2.43. The van der Waals surface area contributed by atoms with Crippen molar-refractivity contribution < 1.29 is 0 Å². The third-order valence-corrected chi connectivity index (χ3v) is 4.30. The number of aromatic nitrogens is 2. The minimum atomic E-state index is 0.512. The van der Waals surface area contributed by atoms with Crippen LogP contribution >= 0.6 is 0 Å². The van der Waals surface area contributed by atoms with Gasteiger partial charge in [-0.15, -0.1) is 0 Å². The predicted molar refractivity (Wildman–Crippen MR) is 82.9 cm³/mol. The second-order valence-electron chi connectivity index (χ2n) is 5.74. The summed E-state index contributed by atoms with van der Waals surface area (Å²) in [6, 6.07) is 6.87. The van der Waals surface area contributed by atoms with Crippen LogP contribution < -0.4 is 10.6 Å². The van der Waals surface area contributed by atoms with E-state index in [1.807, 2.05) is 18.2 Å². The third kappa shape index (κ3) is 2.18. The van der Waals surface area contributed by atoms with Gasteiger partial charge in [0.05, 0.1) is 5.52 Å². The first-order valence-electron chi connectivity index (χ1n) is 7.03. The maximum absolute atomic E-state index is 5.83. The summed E-state index contributed by atoms with van der Waals surface area (Å²) in [4.78, 5) is 13.6. The number of likely N-dealkylation sites (N-methyl/N-ethyl adjacent to an activating group) is 1. The molecule has 2 heterocycles. The van der Waals surface area contributed by atoms with Crippen LogP contribution in [0, 0.1) is 0 Å². The van der Waals surface area contributed by atoms with E-state index < -0.39 is 0 Å². The zero-order chi connectivity index (χ0) is 14.3. The molecule has 1 aromatic heterocycles. The van der Waals surface area contributed by atoms with Crippen molar-refractivity contribution in [3.63, 3.8) is 0 Å². The number of piperazine rings is 1. The number of hydrogen-bond acceptors (Lipinski definition) is 5. The fourth-order valence-electron chi connectivity index (χ4n) is 2.89. The number of benzene rings is 1. The van der Waals surface area contributed by atoms with E-state index in [4.69, 9.17) is 5.73 Å². The van der Waals surface area contributed by atoms with Gasteiger partial charge in [0.2, 0.25) is 0 Å². The van der Waals surface area contributed by atoms with E-state index in [-0.39, 0.29) is 0 Å². The number of fused-ring (bicyclic) bond motifs is 1.